The maximum atomic E-state index is 12.0. The second-order valence-electron chi connectivity index (χ2n) is 5.53. The molecule has 136 valence electrons. The van der Waals surface area contributed by atoms with Crippen molar-refractivity contribution in [1.82, 2.24) is 0 Å². The number of hydrogen-bond acceptors (Lipinski definition) is 5. The van der Waals surface area contributed by atoms with E-state index in [1.54, 1.807) is 43.3 Å². The average molecular weight is 375 g/mol. The Hall–Kier alpha value is -3.20. The number of carbonyl (C=O) groups is 1. The van der Waals surface area contributed by atoms with E-state index in [2.05, 4.69) is 10.0 Å². The maximum absolute atomic E-state index is 12.0. The zero-order valence-corrected chi connectivity index (χ0v) is 14.9. The molecule has 2 N–H and O–H groups in total. The smallest absolute Gasteiger partial charge is 0.274 e. The lowest BCUT2D eigenvalue weighted by atomic mass is 10.1. The minimum absolute atomic E-state index is 0.0688. The van der Waals surface area contributed by atoms with Crippen LogP contribution in [0.25, 0.3) is 6.08 Å². The molecule has 0 aromatic heterocycles. The molecule has 26 heavy (non-hydrogen) atoms. The number of rotatable bonds is 6. The first kappa shape index (κ1) is 19.1. The predicted octanol–water partition coefficient (Wildman–Crippen LogP) is 2.93. The number of nitro benzene ring substituents is 1. The highest BCUT2D eigenvalue weighted by Crippen LogP contribution is 2.25. The summed E-state index contributed by atoms with van der Waals surface area (Å²) in [4.78, 5) is 22.4. The van der Waals surface area contributed by atoms with Crippen molar-refractivity contribution in [2.24, 2.45) is 0 Å². The number of nitrogens with one attached hydrogen (secondary N) is 2. The summed E-state index contributed by atoms with van der Waals surface area (Å²) in [7, 11) is -3.34. The highest BCUT2D eigenvalue weighted by Gasteiger charge is 2.13. The van der Waals surface area contributed by atoms with Crippen LogP contribution in [-0.4, -0.2) is 25.5 Å². The van der Waals surface area contributed by atoms with Gasteiger partial charge in [0.05, 0.1) is 22.4 Å². The van der Waals surface area contributed by atoms with Crippen molar-refractivity contribution in [3.63, 3.8) is 0 Å². The number of benzene rings is 2. The van der Waals surface area contributed by atoms with Crippen molar-refractivity contribution in [2.45, 2.75) is 6.92 Å². The fourth-order valence-corrected chi connectivity index (χ4v) is 2.74. The normalized spacial score (nSPS) is 11.3. The molecule has 0 unspecified atom stereocenters. The molecule has 0 aliphatic heterocycles. The van der Waals surface area contributed by atoms with Crippen LogP contribution in [0.15, 0.2) is 48.5 Å². The topological polar surface area (TPSA) is 118 Å². The van der Waals surface area contributed by atoms with E-state index in [0.29, 0.717) is 22.5 Å². The lowest BCUT2D eigenvalue weighted by Gasteiger charge is -2.06. The van der Waals surface area contributed by atoms with Crippen molar-refractivity contribution in [3.05, 3.63) is 69.8 Å². The fraction of sp³-hybridized carbons (Fsp3) is 0.118. The molecular formula is C17H17N3O5S. The molecule has 0 saturated carbocycles. The van der Waals surface area contributed by atoms with E-state index >= 15 is 0 Å². The quantitative estimate of drug-likeness (QED) is 0.457. The molecule has 0 fully saturated rings. The second kappa shape index (κ2) is 7.79. The minimum Gasteiger partial charge on any atom is -0.322 e. The highest BCUT2D eigenvalue weighted by atomic mass is 32.2. The van der Waals surface area contributed by atoms with Gasteiger partial charge < -0.3 is 5.32 Å². The van der Waals surface area contributed by atoms with Gasteiger partial charge in [0.1, 0.15) is 0 Å². The molecule has 2 rings (SSSR count). The van der Waals surface area contributed by atoms with Gasteiger partial charge in [0.25, 0.3) is 5.69 Å². The van der Waals surface area contributed by atoms with Gasteiger partial charge in [0, 0.05) is 17.8 Å². The highest BCUT2D eigenvalue weighted by molar-refractivity contribution is 7.92. The van der Waals surface area contributed by atoms with Crippen LogP contribution in [0.4, 0.5) is 17.1 Å². The molecule has 9 heteroatoms. The summed E-state index contributed by atoms with van der Waals surface area (Å²) in [5.41, 5.74) is 1.77. The molecule has 0 heterocycles. The number of hydrogen-bond donors (Lipinski definition) is 2. The zero-order valence-electron chi connectivity index (χ0n) is 14.1. The molecule has 0 bridgehead atoms. The molecule has 0 aliphatic rings. The lowest BCUT2D eigenvalue weighted by Crippen LogP contribution is -2.10. The Morgan fingerprint density at radius 1 is 1.15 bits per heavy atom. The van der Waals surface area contributed by atoms with Gasteiger partial charge in [0.2, 0.25) is 15.9 Å². The summed E-state index contributed by atoms with van der Waals surface area (Å²) in [6.07, 6.45) is 3.89. The fourth-order valence-electron chi connectivity index (χ4n) is 2.18. The third-order valence-corrected chi connectivity index (χ3v) is 4.01. The average Bonchev–Trinajstić information content (AvgIpc) is 2.54. The Balaban J connectivity index is 2.06. The van der Waals surface area contributed by atoms with Crippen molar-refractivity contribution in [3.8, 4) is 0 Å². The summed E-state index contributed by atoms with van der Waals surface area (Å²) in [5.74, 6) is -0.438. The van der Waals surface area contributed by atoms with Crippen LogP contribution in [0, 0.1) is 17.0 Å². The largest absolute Gasteiger partial charge is 0.322 e. The number of nitro groups is 1. The molecule has 0 radical (unpaired) electrons. The Morgan fingerprint density at radius 3 is 2.38 bits per heavy atom. The molecule has 8 nitrogen and oxygen atoms in total. The van der Waals surface area contributed by atoms with E-state index < -0.39 is 20.9 Å². The zero-order chi connectivity index (χ0) is 19.3. The van der Waals surface area contributed by atoms with Crippen molar-refractivity contribution >= 4 is 39.1 Å². The number of sulfonamides is 1. The van der Waals surface area contributed by atoms with Crippen LogP contribution in [0.5, 0.6) is 0 Å². The summed E-state index contributed by atoms with van der Waals surface area (Å²) in [6.45, 7) is 1.56. The van der Waals surface area contributed by atoms with Crippen molar-refractivity contribution < 1.29 is 18.1 Å². The van der Waals surface area contributed by atoms with Crippen molar-refractivity contribution in [2.75, 3.05) is 16.3 Å². The van der Waals surface area contributed by atoms with Gasteiger partial charge in [-0.1, -0.05) is 18.2 Å². The van der Waals surface area contributed by atoms with Gasteiger partial charge >= 0.3 is 0 Å². The van der Waals surface area contributed by atoms with E-state index in [1.807, 2.05) is 0 Å². The minimum atomic E-state index is -3.34. The Bertz CT molecular complexity index is 966. The SMILES string of the molecule is Cc1c(NC(=O)C=Cc2ccc(NS(C)(=O)=O)cc2)cccc1[N+](=O)[O-]. The van der Waals surface area contributed by atoms with Gasteiger partial charge in [-0.2, -0.15) is 0 Å². The molecule has 0 aliphatic carbocycles. The Labute approximate surface area is 150 Å². The summed E-state index contributed by atoms with van der Waals surface area (Å²) >= 11 is 0. The first-order chi connectivity index (χ1) is 12.2. The first-order valence-corrected chi connectivity index (χ1v) is 9.36. The Morgan fingerprint density at radius 2 is 1.81 bits per heavy atom. The van der Waals surface area contributed by atoms with Gasteiger partial charge in [-0.15, -0.1) is 0 Å². The van der Waals surface area contributed by atoms with E-state index in [0.717, 1.165) is 6.26 Å². The van der Waals surface area contributed by atoms with Crippen LogP contribution in [0.1, 0.15) is 11.1 Å². The standard InChI is InChI=1S/C17H17N3O5S/c1-12-15(4-3-5-16(12)20(22)23)18-17(21)11-8-13-6-9-14(10-7-13)19-26(2,24)25/h3-11,19H,1-2H3,(H,18,21). The van der Waals surface area contributed by atoms with Crippen molar-refractivity contribution in [1.29, 1.82) is 0 Å². The molecule has 1 amide bonds. The van der Waals surface area contributed by atoms with E-state index in [4.69, 9.17) is 0 Å². The molecular weight excluding hydrogens is 358 g/mol. The molecule has 0 spiro atoms. The molecule has 2 aromatic carbocycles. The van der Waals surface area contributed by atoms with Gasteiger partial charge in [-0.3, -0.25) is 19.6 Å². The second-order valence-corrected chi connectivity index (χ2v) is 7.27. The number of carbonyl (C=O) groups excluding carboxylic acids is 1. The number of nitrogens with zero attached hydrogens (tertiary/aromatic N) is 1. The summed E-state index contributed by atoms with van der Waals surface area (Å²) in [6, 6.07) is 10.9. The summed E-state index contributed by atoms with van der Waals surface area (Å²) in [5, 5.41) is 13.5. The number of amides is 1. The van der Waals surface area contributed by atoms with Crippen LogP contribution in [0.2, 0.25) is 0 Å². The predicted molar refractivity (Wildman–Crippen MR) is 100 cm³/mol. The van der Waals surface area contributed by atoms with Gasteiger partial charge in [-0.05, 0) is 36.8 Å². The lowest BCUT2D eigenvalue weighted by molar-refractivity contribution is -0.385. The molecule has 2 aromatic rings. The van der Waals surface area contributed by atoms with E-state index in [9.17, 15) is 23.3 Å². The maximum Gasteiger partial charge on any atom is 0.274 e. The van der Waals surface area contributed by atoms with Gasteiger partial charge in [-0.25, -0.2) is 8.42 Å². The van der Waals surface area contributed by atoms with E-state index in [1.165, 1.54) is 18.2 Å². The molecule has 0 saturated heterocycles. The Kier molecular flexibility index (Phi) is 5.73. The van der Waals surface area contributed by atoms with Gasteiger partial charge in [0.15, 0.2) is 0 Å². The first-order valence-electron chi connectivity index (χ1n) is 7.46. The third kappa shape index (κ3) is 5.42. The monoisotopic (exact) mass is 375 g/mol. The van der Waals surface area contributed by atoms with Crippen LogP contribution in [-0.2, 0) is 14.8 Å². The number of anilines is 2. The van der Waals surface area contributed by atoms with Crippen LogP contribution >= 0.6 is 0 Å². The summed E-state index contributed by atoms with van der Waals surface area (Å²) < 4.78 is 24.6. The van der Waals surface area contributed by atoms with Crippen LogP contribution in [0.3, 0.4) is 0 Å². The molecule has 0 atom stereocenters. The van der Waals surface area contributed by atoms with Crippen LogP contribution < -0.4 is 10.0 Å². The van der Waals surface area contributed by atoms with E-state index in [-0.39, 0.29) is 5.69 Å². The third-order valence-electron chi connectivity index (χ3n) is 3.40.